The topological polar surface area (TPSA) is 36.7 Å². The zero-order valence-corrected chi connectivity index (χ0v) is 25.1. The van der Waals surface area contributed by atoms with Crippen LogP contribution in [0.4, 0.5) is 10.5 Å². The number of piperidine rings is 1. The molecule has 6 heteroatoms. The van der Waals surface area contributed by atoms with E-state index in [1.807, 2.05) is 31.1 Å². The fraction of sp³-hybridized carbons (Fsp3) is 0.189. The molecule has 0 N–H and O–H groups in total. The number of carbonyl (C=O) groups excluding carboxylic acids is 1. The van der Waals surface area contributed by atoms with Gasteiger partial charge in [0.15, 0.2) is 0 Å². The normalized spacial score (nSPS) is 12.9. The van der Waals surface area contributed by atoms with Gasteiger partial charge in [-0.1, -0.05) is 121 Å². The van der Waals surface area contributed by atoms with Crippen LogP contribution in [0.25, 0.3) is 0 Å². The molecule has 0 spiro atoms. The summed E-state index contributed by atoms with van der Waals surface area (Å²) >= 11 is 0. The minimum Gasteiger partial charge on any atom is -0.377 e. The summed E-state index contributed by atoms with van der Waals surface area (Å²) in [5.41, 5.74) is 6.43. The van der Waals surface area contributed by atoms with Crippen molar-refractivity contribution in [2.75, 3.05) is 32.1 Å². The summed E-state index contributed by atoms with van der Waals surface area (Å²) in [5.74, 6) is 0. The number of aromatic nitrogens is 1. The fourth-order valence-corrected chi connectivity index (χ4v) is 6.11. The molecule has 1 aromatic heterocycles. The Labute approximate surface area is 255 Å². The number of amides is 1. The number of carbonyl (C=O) groups is 1. The van der Waals surface area contributed by atoms with Gasteiger partial charge in [0, 0.05) is 49.7 Å². The molecule has 1 amide bonds. The summed E-state index contributed by atoms with van der Waals surface area (Å²) in [6.45, 7) is 1.60. The molecule has 0 unspecified atom stereocenters. The molecule has 0 saturated carbocycles. The second-order valence-electron chi connectivity index (χ2n) is 11.2. The van der Waals surface area contributed by atoms with Gasteiger partial charge in [0.1, 0.15) is 6.15 Å². The second kappa shape index (κ2) is 14.4. The molecular weight excluding hydrogens is 529 g/mol. The van der Waals surface area contributed by atoms with Gasteiger partial charge in [-0.15, -0.1) is 0 Å². The van der Waals surface area contributed by atoms with E-state index in [-0.39, 0.29) is 6.09 Å². The van der Waals surface area contributed by atoms with E-state index < -0.39 is 6.15 Å². The van der Waals surface area contributed by atoms with Gasteiger partial charge in [0.2, 0.25) is 12.4 Å². The summed E-state index contributed by atoms with van der Waals surface area (Å²) in [7, 11) is 3.94. The Balaban J connectivity index is 0.000000181. The van der Waals surface area contributed by atoms with E-state index in [1.165, 1.54) is 33.0 Å². The first-order valence-corrected chi connectivity index (χ1v) is 15.1. The van der Waals surface area contributed by atoms with Crippen molar-refractivity contribution in [3.05, 3.63) is 146 Å². The first-order valence-electron chi connectivity index (χ1n) is 15.1. The van der Waals surface area contributed by atoms with E-state index in [2.05, 4.69) is 121 Å². The van der Waals surface area contributed by atoms with Crippen LogP contribution >= 0.6 is 0 Å². The zero-order valence-electron chi connectivity index (χ0n) is 25.1. The SMILES string of the molecule is CN(C)c1cc[n+](OC(=O)N2CCCCC2)cc1.c1ccc([B-](c2ccccc2)(c2ccccc2)c2ccccc2)cc1. The molecule has 0 atom stereocenters. The van der Waals surface area contributed by atoms with Crippen LogP contribution in [-0.4, -0.2) is 44.3 Å². The lowest BCUT2D eigenvalue weighted by molar-refractivity contribution is -0.869. The third kappa shape index (κ3) is 6.98. The highest BCUT2D eigenvalue weighted by atomic mass is 16.7. The summed E-state index contributed by atoms with van der Waals surface area (Å²) in [5, 5.41) is 0. The molecule has 1 fully saturated rings. The van der Waals surface area contributed by atoms with Gasteiger partial charge in [-0.05, 0) is 19.3 Å². The summed E-state index contributed by atoms with van der Waals surface area (Å²) in [4.78, 5) is 20.9. The second-order valence-corrected chi connectivity index (χ2v) is 11.2. The van der Waals surface area contributed by atoms with Crippen LogP contribution in [0.15, 0.2) is 146 Å². The van der Waals surface area contributed by atoms with E-state index in [9.17, 15) is 4.79 Å². The van der Waals surface area contributed by atoms with Gasteiger partial charge in [0.05, 0.1) is 0 Å². The smallest absolute Gasteiger partial charge is 0.377 e. The number of nitrogens with zero attached hydrogens (tertiary/aromatic N) is 3. The van der Waals surface area contributed by atoms with Gasteiger partial charge >= 0.3 is 6.09 Å². The van der Waals surface area contributed by atoms with E-state index in [0.29, 0.717) is 0 Å². The quantitative estimate of drug-likeness (QED) is 0.228. The standard InChI is InChI=1S/C24H20B.C13H20N3O2/c1-5-13-21(14-6-1)25(22-15-7-2-8-16-22,23-17-9-3-10-18-23)24-19-11-4-12-20-24;1-14(2)12-6-10-16(11-7-12)18-13(17)15-8-4-3-5-9-15/h1-20H;6-7,10-11H,3-5,8-9H2,1-2H3/q-1;+1. The van der Waals surface area contributed by atoms with Crippen molar-refractivity contribution in [2.45, 2.75) is 19.3 Å². The van der Waals surface area contributed by atoms with Crippen LogP contribution in [0.5, 0.6) is 0 Å². The van der Waals surface area contributed by atoms with Crippen molar-refractivity contribution in [2.24, 2.45) is 0 Å². The summed E-state index contributed by atoms with van der Waals surface area (Å²) < 4.78 is 1.45. The molecule has 2 heterocycles. The number of hydrogen-bond donors (Lipinski definition) is 0. The average molecular weight is 570 g/mol. The Morgan fingerprint density at radius 2 is 0.977 bits per heavy atom. The predicted octanol–water partition coefficient (Wildman–Crippen LogP) is 4.14. The molecule has 0 radical (unpaired) electrons. The summed E-state index contributed by atoms with van der Waals surface area (Å²) in [6.07, 6.45) is 5.35. The molecule has 1 aliphatic heterocycles. The maximum atomic E-state index is 11.9. The first kappa shape index (κ1) is 29.7. The predicted molar refractivity (Wildman–Crippen MR) is 178 cm³/mol. The van der Waals surface area contributed by atoms with Gasteiger partial charge in [-0.25, -0.2) is 4.79 Å². The molecule has 0 aliphatic carbocycles. The Hall–Kier alpha value is -4.84. The van der Waals surface area contributed by atoms with Gasteiger partial charge in [0.25, 0.3) is 0 Å². The van der Waals surface area contributed by atoms with E-state index in [1.54, 1.807) is 17.3 Å². The Morgan fingerprint density at radius 3 is 1.33 bits per heavy atom. The van der Waals surface area contributed by atoms with Gasteiger partial charge in [-0.2, -0.15) is 26.7 Å². The lowest BCUT2D eigenvalue weighted by Crippen LogP contribution is -2.74. The van der Waals surface area contributed by atoms with Crippen LogP contribution in [0, 0.1) is 0 Å². The number of hydrogen-bond acceptors (Lipinski definition) is 3. The van der Waals surface area contributed by atoms with Crippen molar-refractivity contribution in [3.63, 3.8) is 0 Å². The molecule has 218 valence electrons. The van der Waals surface area contributed by atoms with Crippen molar-refractivity contribution >= 4 is 39.8 Å². The Bertz CT molecular complexity index is 1380. The number of pyridine rings is 1. The molecule has 1 saturated heterocycles. The van der Waals surface area contributed by atoms with Crippen LogP contribution < -0.4 is 36.3 Å². The number of likely N-dealkylation sites (tertiary alicyclic amines) is 1. The minimum atomic E-state index is -1.22. The largest absolute Gasteiger partial charge is 0.478 e. The summed E-state index contributed by atoms with van der Waals surface area (Å²) in [6, 6.07) is 47.3. The van der Waals surface area contributed by atoms with Crippen LogP contribution in [0.2, 0.25) is 0 Å². The maximum absolute atomic E-state index is 11.9. The molecule has 5 aromatic rings. The Morgan fingerprint density at radius 1 is 0.605 bits per heavy atom. The number of benzene rings is 4. The fourth-order valence-electron chi connectivity index (χ4n) is 6.11. The average Bonchev–Trinajstić information content (AvgIpc) is 3.08. The molecule has 6 rings (SSSR count). The molecule has 0 bridgehead atoms. The third-order valence-corrected chi connectivity index (χ3v) is 8.30. The van der Waals surface area contributed by atoms with E-state index >= 15 is 0 Å². The highest BCUT2D eigenvalue weighted by Gasteiger charge is 2.31. The zero-order chi connectivity index (χ0) is 29.9. The lowest BCUT2D eigenvalue weighted by Gasteiger charge is -2.44. The molecule has 4 aromatic carbocycles. The highest BCUT2D eigenvalue weighted by molar-refractivity contribution is 7.19. The van der Waals surface area contributed by atoms with E-state index in [0.717, 1.165) is 31.6 Å². The molecule has 43 heavy (non-hydrogen) atoms. The third-order valence-electron chi connectivity index (χ3n) is 8.30. The lowest BCUT2D eigenvalue weighted by atomic mass is 9.13. The van der Waals surface area contributed by atoms with Crippen LogP contribution in [0.1, 0.15) is 19.3 Å². The van der Waals surface area contributed by atoms with Crippen molar-refractivity contribution in [1.82, 2.24) is 4.90 Å². The monoisotopic (exact) mass is 569 g/mol. The molecule has 1 aliphatic rings. The number of anilines is 1. The van der Waals surface area contributed by atoms with E-state index in [4.69, 9.17) is 4.84 Å². The first-order chi connectivity index (χ1) is 21.1. The van der Waals surface area contributed by atoms with Crippen LogP contribution in [0.3, 0.4) is 0 Å². The number of rotatable bonds is 6. The highest BCUT2D eigenvalue weighted by Crippen LogP contribution is 2.10. The Kier molecular flexibility index (Phi) is 9.91. The van der Waals surface area contributed by atoms with Crippen molar-refractivity contribution < 1.29 is 14.4 Å². The van der Waals surface area contributed by atoms with Gasteiger partial charge in [-0.3, -0.25) is 0 Å². The minimum absolute atomic E-state index is 0.266. The van der Waals surface area contributed by atoms with Crippen molar-refractivity contribution in [1.29, 1.82) is 0 Å². The maximum Gasteiger partial charge on any atom is 0.478 e. The van der Waals surface area contributed by atoms with Crippen LogP contribution in [-0.2, 0) is 0 Å². The van der Waals surface area contributed by atoms with Crippen molar-refractivity contribution in [3.8, 4) is 0 Å². The van der Waals surface area contributed by atoms with Gasteiger partial charge < -0.3 is 9.80 Å². The molecular formula is C37H40BN3O2. The molecule has 5 nitrogen and oxygen atoms in total.